The zero-order valence-corrected chi connectivity index (χ0v) is 14.6. The highest BCUT2D eigenvalue weighted by atomic mass is 15.1. The molecule has 0 amide bonds. The normalized spacial score (nSPS) is 11.8. The number of likely N-dealkylation sites (N-methyl/N-ethyl adjacent to an activating group) is 1. The number of benzene rings is 2. The van der Waals surface area contributed by atoms with Crippen LogP contribution in [0, 0.1) is 0 Å². The van der Waals surface area contributed by atoms with Crippen molar-refractivity contribution >= 4 is 21.8 Å². The van der Waals surface area contributed by atoms with Gasteiger partial charge in [0, 0.05) is 35.9 Å². The van der Waals surface area contributed by atoms with Gasteiger partial charge in [0.05, 0.1) is 11.2 Å². The molecule has 0 unspecified atom stereocenters. The van der Waals surface area contributed by atoms with Crippen molar-refractivity contribution in [2.45, 2.75) is 6.54 Å². The molecular formula is C20H23N5. The molecule has 25 heavy (non-hydrogen) atoms. The lowest BCUT2D eigenvalue weighted by molar-refractivity contribution is 0.400. The van der Waals surface area contributed by atoms with Gasteiger partial charge in [0.1, 0.15) is 5.69 Å². The van der Waals surface area contributed by atoms with Crippen LogP contribution in [0.3, 0.4) is 0 Å². The third-order valence-corrected chi connectivity index (χ3v) is 4.48. The molecular weight excluding hydrogens is 310 g/mol. The summed E-state index contributed by atoms with van der Waals surface area (Å²) in [6.07, 6.45) is 0. The molecule has 0 aliphatic carbocycles. The molecule has 5 heteroatoms. The van der Waals surface area contributed by atoms with Crippen LogP contribution >= 0.6 is 0 Å². The van der Waals surface area contributed by atoms with Crippen molar-refractivity contribution in [1.82, 2.24) is 25.4 Å². The van der Waals surface area contributed by atoms with Crippen molar-refractivity contribution in [1.29, 1.82) is 0 Å². The van der Waals surface area contributed by atoms with Crippen LogP contribution in [0.5, 0.6) is 0 Å². The highest BCUT2D eigenvalue weighted by Gasteiger charge is 2.10. The molecule has 0 aliphatic rings. The Morgan fingerprint density at radius 2 is 1.92 bits per heavy atom. The summed E-state index contributed by atoms with van der Waals surface area (Å²) >= 11 is 0. The minimum absolute atomic E-state index is 0.885. The third-order valence-electron chi connectivity index (χ3n) is 4.48. The van der Waals surface area contributed by atoms with E-state index in [4.69, 9.17) is 0 Å². The quantitative estimate of drug-likeness (QED) is 0.474. The maximum Gasteiger partial charge on any atom is 0.116 e. The monoisotopic (exact) mass is 333 g/mol. The van der Waals surface area contributed by atoms with E-state index in [-0.39, 0.29) is 0 Å². The molecule has 2 heterocycles. The van der Waals surface area contributed by atoms with Crippen molar-refractivity contribution in [3.63, 3.8) is 0 Å². The molecule has 4 aromatic rings. The van der Waals surface area contributed by atoms with E-state index in [9.17, 15) is 0 Å². The fourth-order valence-electron chi connectivity index (χ4n) is 3.12. The number of hydrogen-bond acceptors (Lipinski definition) is 3. The van der Waals surface area contributed by atoms with E-state index in [0.29, 0.717) is 0 Å². The lowest BCUT2D eigenvalue weighted by atomic mass is 10.1. The lowest BCUT2D eigenvalue weighted by Gasteiger charge is -2.10. The largest absolute Gasteiger partial charge is 0.353 e. The van der Waals surface area contributed by atoms with E-state index in [0.717, 1.165) is 47.4 Å². The molecule has 0 saturated heterocycles. The summed E-state index contributed by atoms with van der Waals surface area (Å²) in [5, 5.41) is 13.4. The average Bonchev–Trinajstić information content (AvgIpc) is 3.21. The zero-order chi connectivity index (χ0) is 17.2. The topological polar surface area (TPSA) is 59.7 Å². The second-order valence-corrected chi connectivity index (χ2v) is 6.70. The molecule has 3 N–H and O–H groups in total. The van der Waals surface area contributed by atoms with E-state index in [1.54, 1.807) is 0 Å². The van der Waals surface area contributed by atoms with Crippen LogP contribution in [0.1, 0.15) is 5.56 Å². The number of fused-ring (bicyclic) bond motifs is 2. The van der Waals surface area contributed by atoms with Gasteiger partial charge in [-0.1, -0.05) is 24.3 Å². The molecule has 0 saturated carbocycles. The number of H-pyrrole nitrogens is 2. The van der Waals surface area contributed by atoms with Gasteiger partial charge in [0.15, 0.2) is 0 Å². The van der Waals surface area contributed by atoms with E-state index >= 15 is 0 Å². The first-order valence-corrected chi connectivity index (χ1v) is 8.61. The molecule has 0 bridgehead atoms. The minimum Gasteiger partial charge on any atom is -0.353 e. The molecule has 4 rings (SSSR count). The van der Waals surface area contributed by atoms with Gasteiger partial charge in [0.2, 0.25) is 0 Å². The van der Waals surface area contributed by atoms with Crippen LogP contribution in [0.4, 0.5) is 0 Å². The van der Waals surface area contributed by atoms with Crippen LogP contribution in [0.15, 0.2) is 48.5 Å². The number of aromatic amines is 2. The summed E-state index contributed by atoms with van der Waals surface area (Å²) in [6, 6.07) is 17.0. The van der Waals surface area contributed by atoms with E-state index < -0.39 is 0 Å². The van der Waals surface area contributed by atoms with Gasteiger partial charge in [0.25, 0.3) is 0 Å². The Balaban J connectivity index is 1.58. The SMILES string of the molecule is CN(C)CCNCc1ccc2[nH]c(-c3n[nH]c4ccccc34)cc2c1. The summed E-state index contributed by atoms with van der Waals surface area (Å²) in [5.41, 5.74) is 5.51. The first kappa shape index (κ1) is 15.9. The summed E-state index contributed by atoms with van der Waals surface area (Å²) in [4.78, 5) is 5.67. The van der Waals surface area contributed by atoms with Crippen LogP contribution in [0.2, 0.25) is 0 Å². The number of aromatic nitrogens is 3. The summed E-state index contributed by atoms with van der Waals surface area (Å²) in [5.74, 6) is 0. The van der Waals surface area contributed by atoms with Crippen LogP contribution in [0.25, 0.3) is 33.2 Å². The standard InChI is InChI=1S/C20H23N5/c1-25(2)10-9-21-13-14-7-8-17-15(11-14)12-19(22-17)20-16-5-3-4-6-18(16)23-24-20/h3-8,11-12,21-22H,9-10,13H2,1-2H3,(H,23,24). The van der Waals surface area contributed by atoms with Crippen LogP contribution < -0.4 is 5.32 Å². The maximum absolute atomic E-state index is 4.49. The Kier molecular flexibility index (Phi) is 4.26. The fourth-order valence-corrected chi connectivity index (χ4v) is 3.12. The van der Waals surface area contributed by atoms with Gasteiger partial charge in [-0.05, 0) is 43.9 Å². The van der Waals surface area contributed by atoms with Crippen molar-refractivity contribution in [3.8, 4) is 11.4 Å². The zero-order valence-electron chi connectivity index (χ0n) is 14.6. The van der Waals surface area contributed by atoms with Gasteiger partial charge in [-0.3, -0.25) is 5.10 Å². The first-order chi connectivity index (χ1) is 12.2. The van der Waals surface area contributed by atoms with E-state index in [2.05, 4.69) is 69.8 Å². The molecule has 0 aliphatic heterocycles. The van der Waals surface area contributed by atoms with Crippen LogP contribution in [-0.2, 0) is 6.54 Å². The van der Waals surface area contributed by atoms with Gasteiger partial charge in [-0.2, -0.15) is 5.10 Å². The second kappa shape index (κ2) is 6.70. The Hall–Kier alpha value is -2.63. The van der Waals surface area contributed by atoms with Gasteiger partial charge >= 0.3 is 0 Å². The van der Waals surface area contributed by atoms with Crippen LogP contribution in [-0.4, -0.2) is 47.3 Å². The fraction of sp³-hybridized carbons (Fsp3) is 0.250. The number of para-hydroxylation sites is 1. The lowest BCUT2D eigenvalue weighted by Crippen LogP contribution is -2.26. The molecule has 2 aromatic heterocycles. The van der Waals surface area contributed by atoms with E-state index in [1.165, 1.54) is 10.9 Å². The summed E-state index contributed by atoms with van der Waals surface area (Å²) < 4.78 is 0. The molecule has 0 fully saturated rings. The molecule has 0 radical (unpaired) electrons. The highest BCUT2D eigenvalue weighted by molar-refractivity contribution is 5.95. The van der Waals surface area contributed by atoms with Crippen molar-refractivity contribution in [2.75, 3.05) is 27.2 Å². The molecule has 0 spiro atoms. The van der Waals surface area contributed by atoms with Crippen molar-refractivity contribution < 1.29 is 0 Å². The van der Waals surface area contributed by atoms with Gasteiger partial charge in [-0.15, -0.1) is 0 Å². The van der Waals surface area contributed by atoms with Gasteiger partial charge in [-0.25, -0.2) is 0 Å². The minimum atomic E-state index is 0.885. The Bertz CT molecular complexity index is 996. The third kappa shape index (κ3) is 3.29. The molecule has 5 nitrogen and oxygen atoms in total. The van der Waals surface area contributed by atoms with Crippen molar-refractivity contribution in [3.05, 3.63) is 54.1 Å². The predicted molar refractivity (Wildman–Crippen MR) is 104 cm³/mol. The van der Waals surface area contributed by atoms with Crippen molar-refractivity contribution in [2.24, 2.45) is 0 Å². The number of nitrogens with one attached hydrogen (secondary N) is 3. The smallest absolute Gasteiger partial charge is 0.116 e. The first-order valence-electron chi connectivity index (χ1n) is 8.61. The Morgan fingerprint density at radius 1 is 1.04 bits per heavy atom. The van der Waals surface area contributed by atoms with Gasteiger partial charge < -0.3 is 15.2 Å². The second-order valence-electron chi connectivity index (χ2n) is 6.70. The Morgan fingerprint density at radius 3 is 2.80 bits per heavy atom. The number of nitrogens with zero attached hydrogens (tertiary/aromatic N) is 2. The molecule has 2 aromatic carbocycles. The van der Waals surface area contributed by atoms with E-state index in [1.807, 2.05) is 18.2 Å². The summed E-state index contributed by atoms with van der Waals surface area (Å²) in [7, 11) is 4.18. The molecule has 0 atom stereocenters. The highest BCUT2D eigenvalue weighted by Crippen LogP contribution is 2.28. The predicted octanol–water partition coefficient (Wildman–Crippen LogP) is 3.36. The average molecular weight is 333 g/mol. The number of hydrogen-bond donors (Lipinski definition) is 3. The Labute approximate surface area is 147 Å². The maximum atomic E-state index is 4.49. The molecule has 128 valence electrons. The number of rotatable bonds is 6. The summed E-state index contributed by atoms with van der Waals surface area (Å²) in [6.45, 7) is 2.92.